The number of rotatable bonds is 10. The Labute approximate surface area is 178 Å². The first-order valence-electron chi connectivity index (χ1n) is 10.2. The Morgan fingerprint density at radius 1 is 1.20 bits per heavy atom. The quantitative estimate of drug-likeness (QED) is 0.585. The smallest absolute Gasteiger partial charge is 0.240 e. The minimum Gasteiger partial charge on any atom is -0.494 e. The van der Waals surface area contributed by atoms with E-state index in [2.05, 4.69) is 28.4 Å². The van der Waals surface area contributed by atoms with E-state index in [0.29, 0.717) is 24.6 Å². The lowest BCUT2D eigenvalue weighted by molar-refractivity contribution is -0.119. The van der Waals surface area contributed by atoms with E-state index in [-0.39, 0.29) is 12.5 Å². The van der Waals surface area contributed by atoms with Crippen molar-refractivity contribution in [1.29, 1.82) is 0 Å². The summed E-state index contributed by atoms with van der Waals surface area (Å²) >= 11 is 0. The zero-order valence-electron chi connectivity index (χ0n) is 17.5. The van der Waals surface area contributed by atoms with Gasteiger partial charge in [-0.2, -0.15) is 0 Å². The van der Waals surface area contributed by atoms with Gasteiger partial charge in [0.1, 0.15) is 12.3 Å². The number of ether oxygens (including phenoxy) is 1. The molecule has 0 bridgehead atoms. The third kappa shape index (κ3) is 5.66. The summed E-state index contributed by atoms with van der Waals surface area (Å²) in [6.45, 7) is 4.41. The van der Waals surface area contributed by atoms with Crippen LogP contribution in [0.3, 0.4) is 0 Å². The average molecular weight is 432 g/mol. The zero-order valence-corrected chi connectivity index (χ0v) is 18.3. The zero-order chi connectivity index (χ0) is 21.6. The monoisotopic (exact) mass is 431 g/mol. The Morgan fingerprint density at radius 2 is 2.00 bits per heavy atom. The lowest BCUT2D eigenvalue weighted by Gasteiger charge is -2.23. The number of carbonyl (C=O) groups is 1. The van der Waals surface area contributed by atoms with E-state index in [9.17, 15) is 13.2 Å². The van der Waals surface area contributed by atoms with Gasteiger partial charge in [-0.25, -0.2) is 8.42 Å². The molecule has 7 nitrogen and oxygen atoms in total. The average Bonchev–Trinajstić information content (AvgIpc) is 3.12. The topological polar surface area (TPSA) is 79.0 Å². The summed E-state index contributed by atoms with van der Waals surface area (Å²) in [6.07, 6.45) is 2.93. The SMILES string of the molecule is CCOc1cccc(N(CC(=O)NCCCN2CCc3ccccc32)S(C)(=O)=O)c1. The fourth-order valence-corrected chi connectivity index (χ4v) is 4.47. The molecule has 162 valence electrons. The fraction of sp³-hybridized carbons (Fsp3) is 0.409. The van der Waals surface area contributed by atoms with Gasteiger partial charge in [-0.05, 0) is 43.5 Å². The second-order valence-electron chi connectivity index (χ2n) is 7.27. The number of nitrogens with zero attached hydrogens (tertiary/aromatic N) is 2. The highest BCUT2D eigenvalue weighted by atomic mass is 32.2. The minimum atomic E-state index is -3.61. The second-order valence-corrected chi connectivity index (χ2v) is 9.18. The van der Waals surface area contributed by atoms with Crippen LogP contribution in [-0.4, -0.2) is 53.4 Å². The second kappa shape index (κ2) is 9.84. The van der Waals surface area contributed by atoms with Crippen LogP contribution in [0.25, 0.3) is 0 Å². The molecule has 0 saturated carbocycles. The Bertz CT molecular complexity index is 978. The van der Waals surface area contributed by atoms with E-state index in [4.69, 9.17) is 4.74 Å². The molecule has 2 aromatic rings. The summed E-state index contributed by atoms with van der Waals surface area (Å²) < 4.78 is 31.1. The van der Waals surface area contributed by atoms with Gasteiger partial charge in [-0.3, -0.25) is 9.10 Å². The lowest BCUT2D eigenvalue weighted by atomic mass is 10.2. The fourth-order valence-electron chi connectivity index (χ4n) is 3.62. The van der Waals surface area contributed by atoms with Crippen molar-refractivity contribution >= 4 is 27.3 Å². The molecular weight excluding hydrogens is 402 g/mol. The highest BCUT2D eigenvalue weighted by molar-refractivity contribution is 7.92. The van der Waals surface area contributed by atoms with Crippen LogP contribution in [-0.2, 0) is 21.2 Å². The molecule has 0 radical (unpaired) electrons. The first kappa shape index (κ1) is 22.0. The first-order valence-corrected chi connectivity index (χ1v) is 12.0. The van der Waals surface area contributed by atoms with Crippen LogP contribution in [0.1, 0.15) is 18.9 Å². The van der Waals surface area contributed by atoms with Gasteiger partial charge in [0.2, 0.25) is 15.9 Å². The van der Waals surface area contributed by atoms with Crippen molar-refractivity contribution in [2.75, 3.05) is 48.2 Å². The molecule has 0 saturated heterocycles. The number of benzene rings is 2. The molecule has 1 aliphatic heterocycles. The molecule has 1 heterocycles. The summed E-state index contributed by atoms with van der Waals surface area (Å²) in [5.41, 5.74) is 3.04. The van der Waals surface area contributed by atoms with Crippen LogP contribution < -0.4 is 19.3 Å². The van der Waals surface area contributed by atoms with Crippen molar-refractivity contribution in [3.05, 3.63) is 54.1 Å². The summed E-state index contributed by atoms with van der Waals surface area (Å²) in [6, 6.07) is 15.1. The van der Waals surface area contributed by atoms with Crippen molar-refractivity contribution in [1.82, 2.24) is 5.32 Å². The maximum Gasteiger partial charge on any atom is 0.240 e. The molecule has 0 fully saturated rings. The van der Waals surface area contributed by atoms with Gasteiger partial charge >= 0.3 is 0 Å². The number of para-hydroxylation sites is 1. The van der Waals surface area contributed by atoms with Crippen LogP contribution in [0, 0.1) is 0 Å². The Kier molecular flexibility index (Phi) is 7.20. The molecule has 30 heavy (non-hydrogen) atoms. The highest BCUT2D eigenvalue weighted by Crippen LogP contribution is 2.27. The molecule has 1 amide bonds. The molecule has 0 unspecified atom stereocenters. The van der Waals surface area contributed by atoms with Gasteiger partial charge in [0.15, 0.2) is 0 Å². The lowest BCUT2D eigenvalue weighted by Crippen LogP contribution is -2.41. The summed E-state index contributed by atoms with van der Waals surface area (Å²) in [5, 5.41) is 2.84. The Hall–Kier alpha value is -2.74. The third-order valence-corrected chi connectivity index (χ3v) is 6.16. The third-order valence-electron chi connectivity index (χ3n) is 5.01. The largest absolute Gasteiger partial charge is 0.494 e. The van der Waals surface area contributed by atoms with E-state index in [1.807, 2.05) is 13.0 Å². The molecular formula is C22H29N3O4S. The summed E-state index contributed by atoms with van der Waals surface area (Å²) in [7, 11) is -3.61. The van der Waals surface area contributed by atoms with Gasteiger partial charge in [-0.1, -0.05) is 24.3 Å². The van der Waals surface area contributed by atoms with Gasteiger partial charge in [0, 0.05) is 31.4 Å². The number of hydrogen-bond acceptors (Lipinski definition) is 5. The molecule has 1 N–H and O–H groups in total. The van der Waals surface area contributed by atoms with E-state index < -0.39 is 10.0 Å². The molecule has 3 rings (SSSR count). The predicted molar refractivity (Wildman–Crippen MR) is 120 cm³/mol. The normalized spacial score (nSPS) is 13.1. The Morgan fingerprint density at radius 3 is 2.77 bits per heavy atom. The van der Waals surface area contributed by atoms with Crippen molar-refractivity contribution < 1.29 is 17.9 Å². The number of anilines is 2. The number of nitrogens with one attached hydrogen (secondary N) is 1. The van der Waals surface area contributed by atoms with Gasteiger partial charge in [-0.15, -0.1) is 0 Å². The molecule has 0 spiro atoms. The summed E-state index contributed by atoms with van der Waals surface area (Å²) in [4.78, 5) is 14.7. The number of hydrogen-bond donors (Lipinski definition) is 1. The van der Waals surface area contributed by atoms with Crippen molar-refractivity contribution in [3.63, 3.8) is 0 Å². The summed E-state index contributed by atoms with van der Waals surface area (Å²) in [5.74, 6) is 0.235. The van der Waals surface area contributed by atoms with E-state index >= 15 is 0 Å². The predicted octanol–water partition coefficient (Wildman–Crippen LogP) is 2.42. The van der Waals surface area contributed by atoms with Gasteiger partial charge < -0.3 is 15.0 Å². The van der Waals surface area contributed by atoms with Crippen molar-refractivity contribution in [2.24, 2.45) is 0 Å². The van der Waals surface area contributed by atoms with Crippen LogP contribution >= 0.6 is 0 Å². The van der Waals surface area contributed by atoms with Crippen molar-refractivity contribution in [2.45, 2.75) is 19.8 Å². The van der Waals surface area contributed by atoms with Gasteiger partial charge in [0.25, 0.3) is 0 Å². The van der Waals surface area contributed by atoms with Crippen LogP contribution in [0.15, 0.2) is 48.5 Å². The highest BCUT2D eigenvalue weighted by Gasteiger charge is 2.21. The molecule has 2 aromatic carbocycles. The first-order chi connectivity index (χ1) is 14.4. The maximum absolute atomic E-state index is 12.4. The van der Waals surface area contributed by atoms with Crippen molar-refractivity contribution in [3.8, 4) is 5.75 Å². The van der Waals surface area contributed by atoms with Crippen LogP contribution in [0.4, 0.5) is 11.4 Å². The number of amides is 1. The minimum absolute atomic E-state index is 0.263. The molecule has 1 aliphatic rings. The van der Waals surface area contributed by atoms with E-state index in [1.54, 1.807) is 24.3 Å². The number of sulfonamides is 1. The van der Waals surface area contributed by atoms with Crippen LogP contribution in [0.2, 0.25) is 0 Å². The van der Waals surface area contributed by atoms with E-state index in [0.717, 1.165) is 36.5 Å². The maximum atomic E-state index is 12.4. The number of fused-ring (bicyclic) bond motifs is 1. The van der Waals surface area contributed by atoms with Crippen LogP contribution in [0.5, 0.6) is 5.75 Å². The van der Waals surface area contributed by atoms with E-state index in [1.165, 1.54) is 11.3 Å². The molecule has 0 atom stereocenters. The molecule has 8 heteroatoms. The molecule has 0 aliphatic carbocycles. The Balaban J connectivity index is 1.52. The number of carbonyl (C=O) groups excluding carboxylic acids is 1. The van der Waals surface area contributed by atoms with Gasteiger partial charge in [0.05, 0.1) is 18.6 Å². The standard InChI is InChI=1S/C22H29N3O4S/c1-3-29-20-10-6-9-19(16-20)25(30(2,27)28)17-22(26)23-13-7-14-24-15-12-18-8-4-5-11-21(18)24/h4-6,8-11,16H,3,7,12-15,17H2,1-2H3,(H,23,26). The molecule has 0 aromatic heterocycles.